The van der Waals surface area contributed by atoms with E-state index < -0.39 is 0 Å². The molecular formula is C11H18N4. The predicted octanol–water partition coefficient (Wildman–Crippen LogP) is 1.21. The van der Waals surface area contributed by atoms with E-state index in [1.165, 1.54) is 25.1 Å². The number of nitrogens with one attached hydrogen (secondary N) is 1. The zero-order valence-electron chi connectivity index (χ0n) is 9.11. The first kappa shape index (κ1) is 10.4. The molecule has 1 aliphatic rings. The van der Waals surface area contributed by atoms with Crippen LogP contribution >= 0.6 is 0 Å². The van der Waals surface area contributed by atoms with Crippen molar-refractivity contribution in [2.45, 2.75) is 19.9 Å². The van der Waals surface area contributed by atoms with Crippen LogP contribution in [0.3, 0.4) is 0 Å². The second-order valence-electron chi connectivity index (χ2n) is 4.32. The van der Waals surface area contributed by atoms with Gasteiger partial charge < -0.3 is 5.43 Å². The summed E-state index contributed by atoms with van der Waals surface area (Å²) >= 11 is 0. The number of likely N-dealkylation sites (tertiary alicyclic amines) is 1. The molecular weight excluding hydrogens is 188 g/mol. The number of hydrazine groups is 1. The van der Waals surface area contributed by atoms with Gasteiger partial charge in [-0.15, -0.1) is 0 Å². The van der Waals surface area contributed by atoms with E-state index in [0.29, 0.717) is 0 Å². The number of rotatable bonds is 3. The Kier molecular flexibility index (Phi) is 3.18. The average Bonchev–Trinajstić information content (AvgIpc) is 2.64. The standard InChI is InChI=1S/C11H18N4/c1-9-3-5-15(7-9)8-10-2-4-13-11(6-10)14-12/h2,4,6,9H,3,5,7-8,12H2,1H3,(H,13,14). The number of nitrogens with zero attached hydrogens (tertiary/aromatic N) is 2. The largest absolute Gasteiger partial charge is 0.308 e. The molecule has 4 nitrogen and oxygen atoms in total. The lowest BCUT2D eigenvalue weighted by atomic mass is 10.2. The van der Waals surface area contributed by atoms with E-state index >= 15 is 0 Å². The predicted molar refractivity (Wildman–Crippen MR) is 61.1 cm³/mol. The van der Waals surface area contributed by atoms with Gasteiger partial charge in [0.15, 0.2) is 0 Å². The van der Waals surface area contributed by atoms with Gasteiger partial charge in [0.2, 0.25) is 0 Å². The molecule has 2 rings (SSSR count). The van der Waals surface area contributed by atoms with Gasteiger partial charge in [-0.05, 0) is 36.6 Å². The second-order valence-corrected chi connectivity index (χ2v) is 4.32. The SMILES string of the molecule is CC1CCN(Cc2ccnc(NN)c2)C1. The molecule has 1 aliphatic heterocycles. The van der Waals surface area contributed by atoms with Crippen LogP contribution in [0.5, 0.6) is 0 Å². The van der Waals surface area contributed by atoms with Crippen molar-refractivity contribution in [3.63, 3.8) is 0 Å². The molecule has 1 unspecified atom stereocenters. The Labute approximate surface area is 90.5 Å². The van der Waals surface area contributed by atoms with Crippen LogP contribution < -0.4 is 11.3 Å². The number of aromatic nitrogens is 1. The normalized spacial score (nSPS) is 21.9. The van der Waals surface area contributed by atoms with Crippen molar-refractivity contribution in [2.75, 3.05) is 18.5 Å². The molecule has 1 saturated heterocycles. The quantitative estimate of drug-likeness (QED) is 0.576. The van der Waals surface area contributed by atoms with Gasteiger partial charge in [0.1, 0.15) is 5.82 Å². The van der Waals surface area contributed by atoms with Gasteiger partial charge in [0, 0.05) is 19.3 Å². The first-order valence-electron chi connectivity index (χ1n) is 5.42. The van der Waals surface area contributed by atoms with Crippen LogP contribution in [0.15, 0.2) is 18.3 Å². The van der Waals surface area contributed by atoms with Crippen LogP contribution in [0, 0.1) is 5.92 Å². The van der Waals surface area contributed by atoms with E-state index in [-0.39, 0.29) is 0 Å². The molecule has 82 valence electrons. The van der Waals surface area contributed by atoms with E-state index in [0.717, 1.165) is 18.3 Å². The summed E-state index contributed by atoms with van der Waals surface area (Å²) in [5.74, 6) is 6.89. The van der Waals surface area contributed by atoms with Crippen LogP contribution in [-0.4, -0.2) is 23.0 Å². The van der Waals surface area contributed by atoms with Gasteiger partial charge in [-0.25, -0.2) is 10.8 Å². The first-order chi connectivity index (χ1) is 7.28. The molecule has 0 aromatic carbocycles. The molecule has 1 atom stereocenters. The van der Waals surface area contributed by atoms with Gasteiger partial charge in [-0.1, -0.05) is 6.92 Å². The Morgan fingerprint density at radius 3 is 3.20 bits per heavy atom. The molecule has 4 heteroatoms. The highest BCUT2D eigenvalue weighted by atomic mass is 15.2. The number of hydrogen-bond acceptors (Lipinski definition) is 4. The van der Waals surface area contributed by atoms with Crippen molar-refractivity contribution in [1.29, 1.82) is 0 Å². The Morgan fingerprint density at radius 2 is 2.53 bits per heavy atom. The summed E-state index contributed by atoms with van der Waals surface area (Å²) in [7, 11) is 0. The van der Waals surface area contributed by atoms with E-state index in [1.807, 2.05) is 12.1 Å². The summed E-state index contributed by atoms with van der Waals surface area (Å²) in [4.78, 5) is 6.57. The van der Waals surface area contributed by atoms with E-state index in [4.69, 9.17) is 5.84 Å². The van der Waals surface area contributed by atoms with Gasteiger partial charge in [-0.3, -0.25) is 4.90 Å². The van der Waals surface area contributed by atoms with Gasteiger partial charge >= 0.3 is 0 Å². The number of pyridine rings is 1. The third kappa shape index (κ3) is 2.67. The Morgan fingerprint density at radius 1 is 1.67 bits per heavy atom. The molecule has 0 spiro atoms. The molecule has 0 bridgehead atoms. The van der Waals surface area contributed by atoms with Crippen molar-refractivity contribution in [3.05, 3.63) is 23.9 Å². The van der Waals surface area contributed by atoms with Crippen molar-refractivity contribution in [2.24, 2.45) is 11.8 Å². The molecule has 1 fully saturated rings. The summed E-state index contributed by atoms with van der Waals surface area (Å²) in [6.45, 7) is 5.71. The summed E-state index contributed by atoms with van der Waals surface area (Å²) in [6, 6.07) is 4.05. The minimum atomic E-state index is 0.736. The lowest BCUT2D eigenvalue weighted by Crippen LogP contribution is -2.20. The van der Waals surface area contributed by atoms with Gasteiger partial charge in [-0.2, -0.15) is 0 Å². The topological polar surface area (TPSA) is 54.2 Å². The van der Waals surface area contributed by atoms with Crippen LogP contribution in [0.1, 0.15) is 18.9 Å². The van der Waals surface area contributed by atoms with Crippen LogP contribution in [-0.2, 0) is 6.54 Å². The Hall–Kier alpha value is -1.13. The molecule has 2 heterocycles. The number of nitrogen functional groups attached to an aromatic ring is 1. The van der Waals surface area contributed by atoms with Crippen LogP contribution in [0.2, 0.25) is 0 Å². The molecule has 1 aromatic rings. The highest BCUT2D eigenvalue weighted by Gasteiger charge is 2.18. The van der Waals surface area contributed by atoms with Crippen molar-refractivity contribution >= 4 is 5.82 Å². The Bertz CT molecular complexity index is 326. The molecule has 0 amide bonds. The third-order valence-electron chi connectivity index (χ3n) is 2.89. The number of anilines is 1. The van der Waals surface area contributed by atoms with Crippen LogP contribution in [0.25, 0.3) is 0 Å². The molecule has 3 N–H and O–H groups in total. The third-order valence-corrected chi connectivity index (χ3v) is 2.89. The first-order valence-corrected chi connectivity index (χ1v) is 5.42. The minimum absolute atomic E-state index is 0.736. The fourth-order valence-corrected chi connectivity index (χ4v) is 2.08. The van der Waals surface area contributed by atoms with Crippen molar-refractivity contribution in [3.8, 4) is 0 Å². The summed E-state index contributed by atoms with van der Waals surface area (Å²) in [5, 5.41) is 0. The maximum atomic E-state index is 5.32. The average molecular weight is 206 g/mol. The number of hydrogen-bond donors (Lipinski definition) is 2. The lowest BCUT2D eigenvalue weighted by Gasteiger charge is -2.15. The minimum Gasteiger partial charge on any atom is -0.308 e. The molecule has 1 aromatic heterocycles. The monoisotopic (exact) mass is 206 g/mol. The highest BCUT2D eigenvalue weighted by Crippen LogP contribution is 2.18. The second kappa shape index (κ2) is 4.59. The fraction of sp³-hybridized carbons (Fsp3) is 0.545. The smallest absolute Gasteiger partial charge is 0.140 e. The molecule has 0 saturated carbocycles. The fourth-order valence-electron chi connectivity index (χ4n) is 2.08. The van der Waals surface area contributed by atoms with E-state index in [2.05, 4.69) is 22.2 Å². The Balaban J connectivity index is 1.98. The molecule has 15 heavy (non-hydrogen) atoms. The highest BCUT2D eigenvalue weighted by molar-refractivity contribution is 5.35. The van der Waals surface area contributed by atoms with E-state index in [1.54, 1.807) is 6.20 Å². The maximum absolute atomic E-state index is 5.32. The number of nitrogens with two attached hydrogens (primary N) is 1. The zero-order chi connectivity index (χ0) is 10.7. The molecule has 0 radical (unpaired) electrons. The van der Waals surface area contributed by atoms with Crippen LogP contribution in [0.4, 0.5) is 5.82 Å². The molecule has 0 aliphatic carbocycles. The summed E-state index contributed by atoms with van der Waals surface area (Å²) in [6.07, 6.45) is 3.11. The maximum Gasteiger partial charge on any atom is 0.140 e. The van der Waals surface area contributed by atoms with Gasteiger partial charge in [0.05, 0.1) is 0 Å². The van der Waals surface area contributed by atoms with Gasteiger partial charge in [0.25, 0.3) is 0 Å². The lowest BCUT2D eigenvalue weighted by molar-refractivity contribution is 0.320. The van der Waals surface area contributed by atoms with E-state index in [9.17, 15) is 0 Å². The summed E-state index contributed by atoms with van der Waals surface area (Å²) in [5.41, 5.74) is 3.84. The zero-order valence-corrected chi connectivity index (χ0v) is 9.11. The summed E-state index contributed by atoms with van der Waals surface area (Å²) < 4.78 is 0. The van der Waals surface area contributed by atoms with Crippen molar-refractivity contribution in [1.82, 2.24) is 9.88 Å². The van der Waals surface area contributed by atoms with Crippen molar-refractivity contribution < 1.29 is 0 Å².